The SMILES string of the molecule is CC(OC1CCCCC1)(OC1CCCCC1)C(C#N)C#N. The van der Waals surface area contributed by atoms with Crippen LogP contribution in [0.15, 0.2) is 0 Å². The quantitative estimate of drug-likeness (QED) is 0.716. The van der Waals surface area contributed by atoms with Crippen LogP contribution in [0.2, 0.25) is 0 Å². The first-order chi connectivity index (χ1) is 10.2. The normalized spacial score (nSPS) is 21.9. The maximum atomic E-state index is 9.29. The van der Waals surface area contributed by atoms with Crippen molar-refractivity contribution >= 4 is 0 Å². The first kappa shape index (κ1) is 16.3. The van der Waals surface area contributed by atoms with Crippen molar-refractivity contribution in [3.63, 3.8) is 0 Å². The fraction of sp³-hybridized carbons (Fsp3) is 0.882. The molecule has 0 aromatic heterocycles. The van der Waals surface area contributed by atoms with Gasteiger partial charge in [0.25, 0.3) is 0 Å². The summed E-state index contributed by atoms with van der Waals surface area (Å²) in [5.41, 5.74) is 0. The summed E-state index contributed by atoms with van der Waals surface area (Å²) in [5, 5.41) is 18.6. The molecule has 0 atom stereocenters. The van der Waals surface area contributed by atoms with E-state index in [4.69, 9.17) is 9.47 Å². The molecule has 0 amide bonds. The van der Waals surface area contributed by atoms with Crippen molar-refractivity contribution in [2.24, 2.45) is 5.92 Å². The van der Waals surface area contributed by atoms with Gasteiger partial charge in [-0.1, -0.05) is 38.5 Å². The zero-order valence-electron chi connectivity index (χ0n) is 13.0. The second-order valence-electron chi connectivity index (χ2n) is 6.46. The molecule has 0 aromatic rings. The maximum Gasteiger partial charge on any atom is 0.195 e. The molecular formula is C17H26N2O2. The fourth-order valence-corrected chi connectivity index (χ4v) is 3.46. The molecule has 2 aliphatic carbocycles. The Hall–Kier alpha value is -1.10. The van der Waals surface area contributed by atoms with E-state index < -0.39 is 11.7 Å². The van der Waals surface area contributed by atoms with Crippen LogP contribution >= 0.6 is 0 Å². The highest BCUT2D eigenvalue weighted by Gasteiger charge is 2.41. The summed E-state index contributed by atoms with van der Waals surface area (Å²) < 4.78 is 12.3. The summed E-state index contributed by atoms with van der Waals surface area (Å²) in [5.74, 6) is -1.96. The molecule has 0 spiro atoms. The molecular weight excluding hydrogens is 264 g/mol. The molecule has 2 saturated carbocycles. The van der Waals surface area contributed by atoms with Crippen molar-refractivity contribution in [2.75, 3.05) is 0 Å². The van der Waals surface area contributed by atoms with Crippen molar-refractivity contribution in [2.45, 2.75) is 89.1 Å². The molecule has 0 bridgehead atoms. The number of nitrogens with zero attached hydrogens (tertiary/aromatic N) is 2. The van der Waals surface area contributed by atoms with Gasteiger partial charge in [0, 0.05) is 0 Å². The zero-order valence-corrected chi connectivity index (χ0v) is 13.0. The van der Waals surface area contributed by atoms with Crippen molar-refractivity contribution < 1.29 is 9.47 Å². The van der Waals surface area contributed by atoms with E-state index in [2.05, 4.69) is 12.1 Å². The number of ether oxygens (including phenoxy) is 2. The Morgan fingerprint density at radius 3 is 1.52 bits per heavy atom. The summed E-state index contributed by atoms with van der Waals surface area (Å²) in [6.07, 6.45) is 11.4. The first-order valence-electron chi connectivity index (χ1n) is 8.33. The highest BCUT2D eigenvalue weighted by Crippen LogP contribution is 2.34. The Balaban J connectivity index is 2.05. The Morgan fingerprint density at radius 2 is 1.19 bits per heavy atom. The fourth-order valence-electron chi connectivity index (χ4n) is 3.46. The zero-order chi connectivity index (χ0) is 15.1. The maximum absolute atomic E-state index is 9.29. The molecule has 0 heterocycles. The van der Waals surface area contributed by atoms with Gasteiger partial charge in [-0.3, -0.25) is 0 Å². The Bertz CT molecular complexity index is 364. The van der Waals surface area contributed by atoms with Gasteiger partial charge in [-0.2, -0.15) is 10.5 Å². The van der Waals surface area contributed by atoms with Crippen LogP contribution in [0.1, 0.15) is 71.1 Å². The van der Waals surface area contributed by atoms with Crippen LogP contribution in [0.3, 0.4) is 0 Å². The van der Waals surface area contributed by atoms with Crippen LogP contribution in [0.25, 0.3) is 0 Å². The van der Waals surface area contributed by atoms with Crippen molar-refractivity contribution in [1.29, 1.82) is 10.5 Å². The lowest BCUT2D eigenvalue weighted by atomic mass is 9.94. The van der Waals surface area contributed by atoms with Crippen LogP contribution < -0.4 is 0 Å². The minimum atomic E-state index is -1.09. The molecule has 0 radical (unpaired) electrons. The van der Waals surface area contributed by atoms with Crippen LogP contribution in [0, 0.1) is 28.6 Å². The van der Waals surface area contributed by atoms with E-state index in [1.54, 1.807) is 6.92 Å². The molecule has 0 aliphatic heterocycles. The molecule has 2 aliphatic rings. The molecule has 4 nitrogen and oxygen atoms in total. The smallest absolute Gasteiger partial charge is 0.195 e. The molecule has 2 fully saturated rings. The number of hydrogen-bond donors (Lipinski definition) is 0. The van der Waals surface area contributed by atoms with Crippen LogP contribution in [0.4, 0.5) is 0 Å². The third-order valence-electron chi connectivity index (χ3n) is 4.69. The van der Waals surface area contributed by atoms with Gasteiger partial charge in [0.2, 0.25) is 0 Å². The van der Waals surface area contributed by atoms with Gasteiger partial charge in [0.05, 0.1) is 24.3 Å². The van der Waals surface area contributed by atoms with Crippen molar-refractivity contribution in [3.05, 3.63) is 0 Å². The highest BCUT2D eigenvalue weighted by atomic mass is 16.7. The van der Waals surface area contributed by atoms with E-state index in [1.807, 2.05) is 0 Å². The van der Waals surface area contributed by atoms with Crippen molar-refractivity contribution in [1.82, 2.24) is 0 Å². The van der Waals surface area contributed by atoms with Crippen LogP contribution in [0.5, 0.6) is 0 Å². The molecule has 0 N–H and O–H groups in total. The van der Waals surface area contributed by atoms with E-state index in [0.29, 0.717) is 0 Å². The van der Waals surface area contributed by atoms with Crippen LogP contribution in [-0.4, -0.2) is 18.0 Å². The standard InChI is InChI=1S/C17H26N2O2/c1-17(14(12-18)13-19,20-15-8-4-2-5-9-15)21-16-10-6-3-7-11-16/h14-16H,2-11H2,1H3. The van der Waals surface area contributed by atoms with Gasteiger partial charge in [0.1, 0.15) is 0 Å². The molecule has 0 aromatic carbocycles. The summed E-state index contributed by atoms with van der Waals surface area (Å²) in [4.78, 5) is 0. The summed E-state index contributed by atoms with van der Waals surface area (Å²) >= 11 is 0. The largest absolute Gasteiger partial charge is 0.345 e. The minimum absolute atomic E-state index is 0.122. The van der Waals surface area contributed by atoms with Gasteiger partial charge in [-0.05, 0) is 32.6 Å². The molecule has 0 unspecified atom stereocenters. The minimum Gasteiger partial charge on any atom is -0.345 e. The topological polar surface area (TPSA) is 66.0 Å². The van der Waals surface area contributed by atoms with Gasteiger partial charge >= 0.3 is 0 Å². The average molecular weight is 290 g/mol. The first-order valence-corrected chi connectivity index (χ1v) is 8.33. The average Bonchev–Trinajstić information content (AvgIpc) is 2.50. The Kier molecular flexibility index (Phi) is 6.03. The predicted molar refractivity (Wildman–Crippen MR) is 79.0 cm³/mol. The van der Waals surface area contributed by atoms with Crippen molar-refractivity contribution in [3.8, 4) is 12.1 Å². The predicted octanol–water partition coefficient (Wildman–Crippen LogP) is 4.06. The molecule has 116 valence electrons. The molecule has 0 saturated heterocycles. The van der Waals surface area contributed by atoms with Gasteiger partial charge in [-0.25, -0.2) is 0 Å². The Morgan fingerprint density at radius 1 is 0.810 bits per heavy atom. The summed E-state index contributed by atoms with van der Waals surface area (Å²) in [7, 11) is 0. The third-order valence-corrected chi connectivity index (χ3v) is 4.69. The lowest BCUT2D eigenvalue weighted by Gasteiger charge is -2.39. The summed E-state index contributed by atoms with van der Waals surface area (Å²) in [6, 6.07) is 4.12. The van der Waals surface area contributed by atoms with E-state index in [9.17, 15) is 10.5 Å². The van der Waals surface area contributed by atoms with Gasteiger partial charge < -0.3 is 9.47 Å². The van der Waals surface area contributed by atoms with Gasteiger partial charge in [0.15, 0.2) is 11.7 Å². The monoisotopic (exact) mass is 290 g/mol. The second-order valence-corrected chi connectivity index (χ2v) is 6.46. The number of rotatable bonds is 5. The van der Waals surface area contributed by atoms with Gasteiger partial charge in [-0.15, -0.1) is 0 Å². The molecule has 2 rings (SSSR count). The number of nitriles is 2. The van der Waals surface area contributed by atoms with Crippen LogP contribution in [-0.2, 0) is 9.47 Å². The molecule has 4 heteroatoms. The molecule has 21 heavy (non-hydrogen) atoms. The number of hydrogen-bond acceptors (Lipinski definition) is 4. The van der Waals surface area contributed by atoms with E-state index in [1.165, 1.54) is 12.8 Å². The Labute approximate surface area is 128 Å². The van der Waals surface area contributed by atoms with E-state index >= 15 is 0 Å². The second kappa shape index (κ2) is 7.78. The lowest BCUT2D eigenvalue weighted by molar-refractivity contribution is -0.284. The van der Waals surface area contributed by atoms with E-state index in [0.717, 1.165) is 51.4 Å². The summed E-state index contributed by atoms with van der Waals surface area (Å²) in [6.45, 7) is 1.79. The lowest BCUT2D eigenvalue weighted by Crippen LogP contribution is -2.46. The highest BCUT2D eigenvalue weighted by molar-refractivity contribution is 5.07. The third kappa shape index (κ3) is 4.43. The van der Waals surface area contributed by atoms with E-state index in [-0.39, 0.29) is 12.2 Å².